The number of aryl methyl sites for hydroxylation is 2. The molecule has 116 valence electrons. The maximum Gasteiger partial charge on any atom is 0.243 e. The van der Waals surface area contributed by atoms with Crippen LogP contribution < -0.4 is 5.32 Å². The average Bonchev–Trinajstić information content (AvgIpc) is 3.20. The Morgan fingerprint density at radius 2 is 2.17 bits per heavy atom. The number of nitrogens with zero attached hydrogens (tertiary/aromatic N) is 6. The first-order valence-electron chi connectivity index (χ1n) is 6.99. The van der Waals surface area contributed by atoms with Crippen LogP contribution >= 0.6 is 11.3 Å². The SMILES string of the molecule is Cc1ccc(-c2cnnc(NCc3cn4nc(C)sc4n3)n2)o1. The van der Waals surface area contributed by atoms with Crippen LogP contribution in [-0.4, -0.2) is 29.8 Å². The molecule has 0 saturated heterocycles. The fraction of sp³-hybridized carbons (Fsp3) is 0.214. The summed E-state index contributed by atoms with van der Waals surface area (Å²) < 4.78 is 7.32. The Kier molecular flexibility index (Phi) is 3.27. The highest BCUT2D eigenvalue weighted by Crippen LogP contribution is 2.19. The van der Waals surface area contributed by atoms with Gasteiger partial charge in [0.25, 0.3) is 0 Å². The topological polar surface area (TPSA) is 94.0 Å². The monoisotopic (exact) mass is 327 g/mol. The third kappa shape index (κ3) is 2.78. The number of fused-ring (bicyclic) bond motifs is 1. The molecular weight excluding hydrogens is 314 g/mol. The van der Waals surface area contributed by atoms with Crippen LogP contribution in [0.4, 0.5) is 5.95 Å². The van der Waals surface area contributed by atoms with Crippen molar-refractivity contribution in [3.63, 3.8) is 0 Å². The Labute approximate surface area is 135 Å². The van der Waals surface area contributed by atoms with E-state index in [-0.39, 0.29) is 0 Å². The summed E-state index contributed by atoms with van der Waals surface area (Å²) in [6.07, 6.45) is 3.46. The van der Waals surface area contributed by atoms with Gasteiger partial charge in [0.15, 0.2) is 5.76 Å². The molecule has 8 nitrogen and oxygen atoms in total. The molecule has 0 radical (unpaired) electrons. The van der Waals surface area contributed by atoms with Crippen LogP contribution in [0.2, 0.25) is 0 Å². The van der Waals surface area contributed by atoms with E-state index in [9.17, 15) is 0 Å². The summed E-state index contributed by atoms with van der Waals surface area (Å²) in [5, 5.41) is 16.4. The van der Waals surface area contributed by atoms with Crippen LogP contribution in [-0.2, 0) is 6.54 Å². The second-order valence-corrected chi connectivity index (χ2v) is 6.17. The maximum absolute atomic E-state index is 5.55. The fourth-order valence-electron chi connectivity index (χ4n) is 2.17. The Balaban J connectivity index is 1.51. The van der Waals surface area contributed by atoms with Crippen molar-refractivity contribution in [3.05, 3.63) is 41.0 Å². The van der Waals surface area contributed by atoms with E-state index >= 15 is 0 Å². The van der Waals surface area contributed by atoms with E-state index in [1.165, 1.54) is 0 Å². The quantitative estimate of drug-likeness (QED) is 0.615. The largest absolute Gasteiger partial charge is 0.460 e. The Morgan fingerprint density at radius 1 is 1.26 bits per heavy atom. The molecule has 23 heavy (non-hydrogen) atoms. The van der Waals surface area contributed by atoms with Crippen molar-refractivity contribution in [3.8, 4) is 11.5 Å². The lowest BCUT2D eigenvalue weighted by molar-refractivity contribution is 0.545. The molecule has 4 aromatic heterocycles. The summed E-state index contributed by atoms with van der Waals surface area (Å²) in [6, 6.07) is 3.75. The molecule has 0 fully saturated rings. The Hall–Kier alpha value is -2.81. The van der Waals surface area contributed by atoms with Gasteiger partial charge < -0.3 is 9.73 Å². The minimum Gasteiger partial charge on any atom is -0.460 e. The molecule has 0 bridgehead atoms. The third-order valence-electron chi connectivity index (χ3n) is 3.17. The van der Waals surface area contributed by atoms with Crippen LogP contribution in [0.3, 0.4) is 0 Å². The van der Waals surface area contributed by atoms with Gasteiger partial charge in [0.05, 0.1) is 24.6 Å². The minimum atomic E-state index is 0.428. The van der Waals surface area contributed by atoms with Crippen molar-refractivity contribution >= 4 is 22.2 Å². The van der Waals surface area contributed by atoms with E-state index in [0.29, 0.717) is 23.9 Å². The zero-order chi connectivity index (χ0) is 15.8. The first-order chi connectivity index (χ1) is 11.2. The number of hydrogen-bond acceptors (Lipinski definition) is 8. The molecular formula is C14H13N7OS. The van der Waals surface area contributed by atoms with Crippen LogP contribution in [0.5, 0.6) is 0 Å². The number of aromatic nitrogens is 6. The summed E-state index contributed by atoms with van der Waals surface area (Å²) in [6.45, 7) is 4.34. The van der Waals surface area contributed by atoms with Gasteiger partial charge >= 0.3 is 0 Å². The molecule has 4 heterocycles. The second kappa shape index (κ2) is 5.43. The van der Waals surface area contributed by atoms with E-state index in [1.807, 2.05) is 32.2 Å². The fourth-order valence-corrected chi connectivity index (χ4v) is 2.91. The number of hydrogen-bond donors (Lipinski definition) is 1. The van der Waals surface area contributed by atoms with Gasteiger partial charge in [-0.15, -0.1) is 5.10 Å². The molecule has 1 N–H and O–H groups in total. The lowest BCUT2D eigenvalue weighted by Gasteiger charge is -2.02. The van der Waals surface area contributed by atoms with E-state index in [2.05, 4.69) is 30.6 Å². The van der Waals surface area contributed by atoms with Gasteiger partial charge in [-0.3, -0.25) is 0 Å². The van der Waals surface area contributed by atoms with Crippen LogP contribution in [0.15, 0.2) is 28.9 Å². The van der Waals surface area contributed by atoms with Crippen molar-refractivity contribution in [2.24, 2.45) is 0 Å². The summed E-state index contributed by atoms with van der Waals surface area (Å²) in [5.74, 6) is 1.92. The van der Waals surface area contributed by atoms with Gasteiger partial charge in [-0.05, 0) is 26.0 Å². The van der Waals surface area contributed by atoms with Crippen LogP contribution in [0.25, 0.3) is 16.4 Å². The first-order valence-corrected chi connectivity index (χ1v) is 7.81. The van der Waals surface area contributed by atoms with E-state index < -0.39 is 0 Å². The number of furan rings is 1. The zero-order valence-electron chi connectivity index (χ0n) is 12.5. The second-order valence-electron chi connectivity index (χ2n) is 5.01. The molecule has 0 aliphatic carbocycles. The maximum atomic E-state index is 5.55. The van der Waals surface area contributed by atoms with Crippen LogP contribution in [0, 0.1) is 13.8 Å². The third-order valence-corrected chi connectivity index (χ3v) is 4.01. The highest BCUT2D eigenvalue weighted by Gasteiger charge is 2.09. The van der Waals surface area contributed by atoms with Crippen LogP contribution in [0.1, 0.15) is 16.5 Å². The predicted octanol–water partition coefficient (Wildman–Crippen LogP) is 2.46. The van der Waals surface area contributed by atoms with Gasteiger partial charge in [0, 0.05) is 0 Å². The molecule has 0 spiro atoms. The lowest BCUT2D eigenvalue weighted by atomic mass is 10.3. The van der Waals surface area contributed by atoms with E-state index in [0.717, 1.165) is 21.4 Å². The van der Waals surface area contributed by atoms with Gasteiger partial charge in [-0.25, -0.2) is 14.5 Å². The molecule has 0 aromatic carbocycles. The highest BCUT2D eigenvalue weighted by molar-refractivity contribution is 7.16. The summed E-state index contributed by atoms with van der Waals surface area (Å²) in [7, 11) is 0. The lowest BCUT2D eigenvalue weighted by Crippen LogP contribution is -2.05. The van der Waals surface area contributed by atoms with Crippen molar-refractivity contribution in [2.75, 3.05) is 5.32 Å². The molecule has 0 aliphatic heterocycles. The van der Waals surface area contributed by atoms with E-state index in [1.54, 1.807) is 22.0 Å². The van der Waals surface area contributed by atoms with Crippen molar-refractivity contribution in [1.82, 2.24) is 29.8 Å². The number of nitrogens with one attached hydrogen (secondary N) is 1. The molecule has 9 heteroatoms. The highest BCUT2D eigenvalue weighted by atomic mass is 32.1. The Bertz CT molecular complexity index is 939. The molecule has 4 rings (SSSR count). The van der Waals surface area contributed by atoms with Gasteiger partial charge in [0.2, 0.25) is 10.9 Å². The molecule has 0 atom stereocenters. The van der Waals surface area contributed by atoms with Gasteiger partial charge in [0.1, 0.15) is 16.5 Å². The molecule has 0 amide bonds. The van der Waals surface area contributed by atoms with Crippen molar-refractivity contribution in [1.29, 1.82) is 0 Å². The predicted molar refractivity (Wildman–Crippen MR) is 85.2 cm³/mol. The number of rotatable bonds is 4. The standard InChI is InChI=1S/C14H13N7OS/c1-8-3-4-12(22-8)11-6-16-19-13(18-11)15-5-10-7-21-14(17-10)23-9(2)20-21/h3-4,6-7H,5H2,1-2H3,(H,15,18,19). The molecule has 0 saturated carbocycles. The number of imidazole rings is 1. The van der Waals surface area contributed by atoms with Crippen molar-refractivity contribution < 1.29 is 4.42 Å². The summed E-state index contributed by atoms with van der Waals surface area (Å²) in [5.41, 5.74) is 1.50. The summed E-state index contributed by atoms with van der Waals surface area (Å²) in [4.78, 5) is 9.77. The zero-order valence-corrected chi connectivity index (χ0v) is 13.3. The minimum absolute atomic E-state index is 0.428. The molecule has 0 aliphatic rings. The summed E-state index contributed by atoms with van der Waals surface area (Å²) >= 11 is 1.55. The molecule has 4 aromatic rings. The number of anilines is 1. The first kappa shape index (κ1) is 13.8. The normalized spacial score (nSPS) is 11.2. The van der Waals surface area contributed by atoms with E-state index in [4.69, 9.17) is 4.42 Å². The van der Waals surface area contributed by atoms with Gasteiger partial charge in [-0.1, -0.05) is 11.3 Å². The molecule has 0 unspecified atom stereocenters. The Morgan fingerprint density at radius 3 is 2.96 bits per heavy atom. The smallest absolute Gasteiger partial charge is 0.243 e. The van der Waals surface area contributed by atoms with Crippen molar-refractivity contribution in [2.45, 2.75) is 20.4 Å². The average molecular weight is 327 g/mol. The van der Waals surface area contributed by atoms with Gasteiger partial charge in [-0.2, -0.15) is 10.2 Å².